The number of fused-ring (bicyclic) bond motifs is 2. The fourth-order valence-electron chi connectivity index (χ4n) is 3.65. The van der Waals surface area contributed by atoms with Crippen LogP contribution in [0.5, 0.6) is 0 Å². The number of nitrogens with zero attached hydrogens (tertiary/aromatic N) is 1. The van der Waals surface area contributed by atoms with E-state index in [0.29, 0.717) is 5.69 Å². The van der Waals surface area contributed by atoms with Crippen molar-refractivity contribution in [2.24, 2.45) is 0 Å². The van der Waals surface area contributed by atoms with E-state index in [-0.39, 0.29) is 29.3 Å². The van der Waals surface area contributed by atoms with Gasteiger partial charge in [0.25, 0.3) is 17.4 Å². The van der Waals surface area contributed by atoms with Gasteiger partial charge in [-0.1, -0.05) is 6.07 Å². The van der Waals surface area contributed by atoms with Crippen LogP contribution in [0.25, 0.3) is 5.69 Å². The summed E-state index contributed by atoms with van der Waals surface area (Å²) in [6.45, 7) is 3.79. The second-order valence-electron chi connectivity index (χ2n) is 6.97. The van der Waals surface area contributed by atoms with Gasteiger partial charge in [-0.05, 0) is 37.1 Å². The summed E-state index contributed by atoms with van der Waals surface area (Å²) < 4.78 is 1.18. The number of hydrogen-bond donors (Lipinski definition) is 3. The lowest BCUT2D eigenvalue weighted by atomic mass is 9.85. The molecule has 0 saturated heterocycles. The molecule has 3 heterocycles. The molecule has 3 amide bonds. The number of rotatable bonds is 1. The normalized spacial score (nSPS) is 17.4. The third-order valence-corrected chi connectivity index (χ3v) is 4.78. The average molecular weight is 352 g/mol. The van der Waals surface area contributed by atoms with E-state index in [1.165, 1.54) is 4.57 Å². The first kappa shape index (κ1) is 16.1. The Morgan fingerprint density at radius 1 is 1.08 bits per heavy atom. The first-order valence-corrected chi connectivity index (χ1v) is 8.05. The summed E-state index contributed by atoms with van der Waals surface area (Å²) in [6, 6.07) is 6.35. The molecule has 2 aliphatic rings. The molecule has 2 aromatic rings. The summed E-state index contributed by atoms with van der Waals surface area (Å²) in [7, 11) is 0. The number of nitrogen functional groups attached to an aromatic ring is 1. The fourth-order valence-corrected chi connectivity index (χ4v) is 3.65. The van der Waals surface area contributed by atoms with Crippen LogP contribution in [0, 0.1) is 0 Å². The lowest BCUT2D eigenvalue weighted by Gasteiger charge is -2.33. The van der Waals surface area contributed by atoms with Crippen molar-refractivity contribution in [1.29, 1.82) is 0 Å². The van der Waals surface area contributed by atoms with Gasteiger partial charge in [0.2, 0.25) is 5.91 Å². The Morgan fingerprint density at radius 2 is 1.81 bits per heavy atom. The van der Waals surface area contributed by atoms with Crippen molar-refractivity contribution in [3.05, 3.63) is 56.9 Å². The second-order valence-corrected chi connectivity index (χ2v) is 6.97. The van der Waals surface area contributed by atoms with Crippen LogP contribution in [-0.4, -0.2) is 22.3 Å². The van der Waals surface area contributed by atoms with Crippen molar-refractivity contribution in [3.8, 4) is 5.69 Å². The topological polar surface area (TPSA) is 123 Å². The van der Waals surface area contributed by atoms with E-state index in [9.17, 15) is 19.2 Å². The predicted octanol–water partition coefficient (Wildman–Crippen LogP) is 0.211. The summed E-state index contributed by atoms with van der Waals surface area (Å²) in [5.41, 5.74) is 7.13. The van der Waals surface area contributed by atoms with Crippen LogP contribution >= 0.6 is 0 Å². The van der Waals surface area contributed by atoms with Gasteiger partial charge in [0.05, 0.1) is 28.8 Å². The van der Waals surface area contributed by atoms with E-state index in [2.05, 4.69) is 10.6 Å². The molecule has 8 nitrogen and oxygen atoms in total. The molecule has 0 saturated carbocycles. The predicted molar refractivity (Wildman–Crippen MR) is 93.1 cm³/mol. The van der Waals surface area contributed by atoms with Crippen LogP contribution < -0.4 is 21.9 Å². The number of anilines is 1. The maximum atomic E-state index is 12.5. The minimum atomic E-state index is -0.634. The van der Waals surface area contributed by atoms with Crippen LogP contribution in [0.15, 0.2) is 29.1 Å². The molecule has 0 fully saturated rings. The van der Waals surface area contributed by atoms with Crippen LogP contribution in [0.2, 0.25) is 0 Å². The van der Waals surface area contributed by atoms with E-state index in [1.54, 1.807) is 12.1 Å². The zero-order valence-electron chi connectivity index (χ0n) is 14.2. The number of hydrogen-bond acceptors (Lipinski definition) is 5. The minimum absolute atomic E-state index is 0.00889. The van der Waals surface area contributed by atoms with Gasteiger partial charge in [-0.15, -0.1) is 0 Å². The second kappa shape index (κ2) is 5.04. The molecule has 26 heavy (non-hydrogen) atoms. The highest BCUT2D eigenvalue weighted by atomic mass is 16.2. The molecular formula is C18H16N4O4. The Morgan fingerprint density at radius 3 is 2.54 bits per heavy atom. The number of nitrogens with two attached hydrogens (primary N) is 1. The molecule has 0 radical (unpaired) electrons. The minimum Gasteiger partial charge on any atom is -0.384 e. The Labute approximate surface area is 148 Å². The van der Waals surface area contributed by atoms with E-state index in [0.717, 1.165) is 17.2 Å². The molecule has 4 N–H and O–H groups in total. The van der Waals surface area contributed by atoms with Crippen LogP contribution in [0.3, 0.4) is 0 Å². The molecule has 8 heteroatoms. The molecule has 0 unspecified atom stereocenters. The highest BCUT2D eigenvalue weighted by Gasteiger charge is 2.33. The SMILES string of the molecule is CC1(C)NC(=O)Cc2cc(-n3c(N)c4c(cc3=O)C(=O)NC4=O)ccc21. The number of carbonyl (C=O) groups is 3. The standard InChI is InChI=1S/C18H16N4O4/c1-18(2)11-4-3-9(5-8(11)6-12(23)21-18)22-13(24)7-10-14(15(22)19)17(26)20-16(10)25/h3-5,7H,6,19H2,1-2H3,(H,21,23)(H,20,25,26). The summed E-state index contributed by atoms with van der Waals surface area (Å²) in [5, 5.41) is 5.05. The van der Waals surface area contributed by atoms with E-state index < -0.39 is 22.9 Å². The molecule has 4 rings (SSSR count). The van der Waals surface area contributed by atoms with Gasteiger partial charge in [0, 0.05) is 6.07 Å². The molecule has 1 aromatic heterocycles. The first-order valence-electron chi connectivity index (χ1n) is 8.05. The highest BCUT2D eigenvalue weighted by molar-refractivity contribution is 6.23. The quantitative estimate of drug-likeness (QED) is 0.633. The Bertz CT molecular complexity index is 1080. The monoisotopic (exact) mass is 352 g/mol. The molecule has 2 aliphatic heterocycles. The Balaban J connectivity index is 1.93. The van der Waals surface area contributed by atoms with E-state index in [1.807, 2.05) is 19.9 Å². The van der Waals surface area contributed by atoms with Crippen molar-refractivity contribution in [2.45, 2.75) is 25.8 Å². The summed E-state index contributed by atoms with van der Waals surface area (Å²) in [4.78, 5) is 48.2. The maximum Gasteiger partial charge on any atom is 0.262 e. The van der Waals surface area contributed by atoms with Gasteiger partial charge in [-0.2, -0.15) is 0 Å². The van der Waals surface area contributed by atoms with E-state index >= 15 is 0 Å². The van der Waals surface area contributed by atoms with Crippen molar-refractivity contribution in [1.82, 2.24) is 15.2 Å². The maximum absolute atomic E-state index is 12.5. The summed E-state index contributed by atoms with van der Waals surface area (Å²) in [6.07, 6.45) is 0.186. The number of nitrogens with one attached hydrogen (secondary N) is 2. The van der Waals surface area contributed by atoms with Gasteiger partial charge < -0.3 is 11.1 Å². The number of amides is 3. The van der Waals surface area contributed by atoms with Crippen molar-refractivity contribution in [2.75, 3.05) is 5.73 Å². The average Bonchev–Trinajstić information content (AvgIpc) is 2.80. The number of aromatic nitrogens is 1. The number of benzene rings is 1. The molecule has 0 aliphatic carbocycles. The summed E-state index contributed by atoms with van der Waals surface area (Å²) >= 11 is 0. The molecule has 0 atom stereocenters. The molecular weight excluding hydrogens is 336 g/mol. The smallest absolute Gasteiger partial charge is 0.262 e. The molecule has 1 aromatic carbocycles. The van der Waals surface area contributed by atoms with Gasteiger partial charge in [-0.25, -0.2) is 0 Å². The van der Waals surface area contributed by atoms with Gasteiger partial charge in [-0.3, -0.25) is 29.1 Å². The largest absolute Gasteiger partial charge is 0.384 e. The van der Waals surface area contributed by atoms with Crippen LogP contribution in [-0.2, 0) is 16.8 Å². The van der Waals surface area contributed by atoms with Crippen LogP contribution in [0.1, 0.15) is 45.7 Å². The zero-order chi connectivity index (χ0) is 18.8. The van der Waals surface area contributed by atoms with Crippen molar-refractivity contribution >= 4 is 23.5 Å². The number of carbonyl (C=O) groups excluding carboxylic acids is 3. The number of pyridine rings is 1. The lowest BCUT2D eigenvalue weighted by Crippen LogP contribution is -2.46. The van der Waals surface area contributed by atoms with Gasteiger partial charge in [0.1, 0.15) is 5.82 Å². The fraction of sp³-hybridized carbons (Fsp3) is 0.222. The van der Waals surface area contributed by atoms with Gasteiger partial charge >= 0.3 is 0 Å². The molecule has 0 spiro atoms. The Kier molecular flexibility index (Phi) is 3.12. The third-order valence-electron chi connectivity index (χ3n) is 4.78. The number of imide groups is 1. The van der Waals surface area contributed by atoms with Gasteiger partial charge in [0.15, 0.2) is 0 Å². The summed E-state index contributed by atoms with van der Waals surface area (Å²) in [5.74, 6) is -1.48. The Hall–Kier alpha value is -3.42. The van der Waals surface area contributed by atoms with Crippen LogP contribution in [0.4, 0.5) is 5.82 Å². The van der Waals surface area contributed by atoms with Crippen molar-refractivity contribution in [3.63, 3.8) is 0 Å². The molecule has 0 bridgehead atoms. The zero-order valence-corrected chi connectivity index (χ0v) is 14.2. The first-order chi connectivity index (χ1) is 12.2. The third kappa shape index (κ3) is 2.15. The van der Waals surface area contributed by atoms with E-state index in [4.69, 9.17) is 5.73 Å². The van der Waals surface area contributed by atoms with Crippen molar-refractivity contribution < 1.29 is 14.4 Å². The highest BCUT2D eigenvalue weighted by Crippen LogP contribution is 2.31. The lowest BCUT2D eigenvalue weighted by molar-refractivity contribution is -0.122. The molecule has 132 valence electrons.